The Bertz CT molecular complexity index is 1150. The van der Waals surface area contributed by atoms with Gasteiger partial charge in [-0.1, -0.05) is 0 Å². The zero-order valence-corrected chi connectivity index (χ0v) is 15.0. The van der Waals surface area contributed by atoms with Gasteiger partial charge in [-0.2, -0.15) is 9.46 Å². The van der Waals surface area contributed by atoms with Gasteiger partial charge in [0.2, 0.25) is 11.4 Å². The highest BCUT2D eigenvalue weighted by Crippen LogP contribution is 2.29. The summed E-state index contributed by atoms with van der Waals surface area (Å²) in [4.78, 5) is 15.0. The van der Waals surface area contributed by atoms with E-state index in [-0.39, 0.29) is 5.69 Å². The second-order valence-corrected chi connectivity index (χ2v) is 6.25. The highest BCUT2D eigenvalue weighted by atomic mass is 16.6. The molecule has 1 aromatic carbocycles. The molecule has 8 heteroatoms. The number of nitro groups is 1. The van der Waals surface area contributed by atoms with Crippen LogP contribution in [0.5, 0.6) is 0 Å². The fraction of sp³-hybridized carbons (Fsp3) is 0. The number of aromatic nitrogens is 3. The quantitative estimate of drug-likeness (QED) is 0.231. The highest BCUT2D eigenvalue weighted by Gasteiger charge is 2.18. The maximum atomic E-state index is 12.2. The van der Waals surface area contributed by atoms with Crippen LogP contribution in [0, 0.1) is 20.5 Å². The van der Waals surface area contributed by atoms with Gasteiger partial charge in [0.05, 0.1) is 4.92 Å². The summed E-state index contributed by atoms with van der Waals surface area (Å²) < 4.78 is 1.39. The first-order chi connectivity index (χ1) is 14.0. The zero-order chi connectivity index (χ0) is 20.4. The van der Waals surface area contributed by atoms with Gasteiger partial charge in [0, 0.05) is 36.4 Å². The minimum atomic E-state index is -0.470. The average Bonchev–Trinajstić information content (AvgIpc) is 2.74. The predicted octanol–water partition coefficient (Wildman–Crippen LogP) is 3.26. The molecular weight excluding hydrogens is 372 g/mol. The molecule has 0 aliphatic carbocycles. The molecule has 0 radical (unpaired) electrons. The van der Waals surface area contributed by atoms with Crippen LogP contribution < -0.4 is 9.46 Å². The van der Waals surface area contributed by atoms with E-state index in [2.05, 4.69) is 4.98 Å². The van der Waals surface area contributed by atoms with Gasteiger partial charge < -0.3 is 10.4 Å². The lowest BCUT2D eigenvalue weighted by Crippen LogP contribution is -2.29. The first-order valence-electron chi connectivity index (χ1n) is 8.67. The molecule has 0 aliphatic rings. The molecule has 8 nitrogen and oxygen atoms in total. The third kappa shape index (κ3) is 3.59. The summed E-state index contributed by atoms with van der Waals surface area (Å²) in [5.41, 5.74) is 2.77. The molecule has 0 atom stereocenters. The molecule has 0 amide bonds. The first-order valence-corrected chi connectivity index (χ1v) is 8.67. The number of nitro benzene ring substituents is 1. The van der Waals surface area contributed by atoms with Crippen LogP contribution in [0.1, 0.15) is 0 Å². The lowest BCUT2D eigenvalue weighted by atomic mass is 10.0. The standard InChI is InChI=1S/C21H14N4O4/c26-23-11-3-1-5-20(23)18-13-16(15-7-9-17(10-8-15)25(28)29)14-19(22-18)21-6-2-4-12-24(21)27/h1-14H. The van der Waals surface area contributed by atoms with Crippen LogP contribution in [0.25, 0.3) is 33.9 Å². The van der Waals surface area contributed by atoms with E-state index in [1.54, 1.807) is 60.7 Å². The molecule has 0 saturated carbocycles. The van der Waals surface area contributed by atoms with E-state index in [0.29, 0.717) is 43.4 Å². The molecule has 4 aromatic rings. The van der Waals surface area contributed by atoms with Gasteiger partial charge in [-0.25, -0.2) is 4.98 Å². The van der Waals surface area contributed by atoms with Crippen LogP contribution in [0.4, 0.5) is 5.69 Å². The fourth-order valence-electron chi connectivity index (χ4n) is 2.99. The molecule has 142 valence electrons. The van der Waals surface area contributed by atoms with Gasteiger partial charge in [0.15, 0.2) is 12.4 Å². The molecule has 0 saturated heterocycles. The van der Waals surface area contributed by atoms with Crippen molar-refractivity contribution in [2.24, 2.45) is 0 Å². The van der Waals surface area contributed by atoms with Crippen molar-refractivity contribution in [1.29, 1.82) is 0 Å². The Morgan fingerprint density at radius 1 is 0.724 bits per heavy atom. The SMILES string of the molecule is O=[N+]([O-])c1ccc(-c2cc(-c3cccc[n+]3[O-])nc(-c3cccc[n+]3[O-])c2)cc1. The molecule has 3 heterocycles. The van der Waals surface area contributed by atoms with Gasteiger partial charge in [-0.3, -0.25) is 10.1 Å². The van der Waals surface area contributed by atoms with Crippen LogP contribution in [0.3, 0.4) is 0 Å². The van der Waals surface area contributed by atoms with Gasteiger partial charge in [0.1, 0.15) is 11.4 Å². The summed E-state index contributed by atoms with van der Waals surface area (Å²) in [6.07, 6.45) is 2.73. The van der Waals surface area contributed by atoms with Crippen molar-refractivity contribution in [3.63, 3.8) is 0 Å². The first kappa shape index (κ1) is 18.1. The van der Waals surface area contributed by atoms with Crippen LogP contribution in [-0.4, -0.2) is 9.91 Å². The summed E-state index contributed by atoms with van der Waals surface area (Å²) in [5, 5.41) is 35.4. The number of nitrogens with zero attached hydrogens (tertiary/aromatic N) is 4. The maximum Gasteiger partial charge on any atom is 0.269 e. The van der Waals surface area contributed by atoms with E-state index < -0.39 is 4.92 Å². The second-order valence-electron chi connectivity index (χ2n) is 6.25. The predicted molar refractivity (Wildman–Crippen MR) is 105 cm³/mol. The van der Waals surface area contributed by atoms with Crippen LogP contribution in [-0.2, 0) is 0 Å². The Kier molecular flexibility index (Phi) is 4.58. The lowest BCUT2D eigenvalue weighted by molar-refractivity contribution is -0.594. The van der Waals surface area contributed by atoms with Crippen molar-refractivity contribution in [1.82, 2.24) is 4.98 Å². The normalized spacial score (nSPS) is 10.6. The number of benzene rings is 1. The Balaban J connectivity index is 1.92. The van der Waals surface area contributed by atoms with Crippen molar-refractivity contribution in [3.05, 3.63) is 106 Å². The molecule has 0 aliphatic heterocycles. The summed E-state index contributed by atoms with van der Waals surface area (Å²) in [6.45, 7) is 0. The topological polar surface area (TPSA) is 110 Å². The van der Waals surface area contributed by atoms with E-state index in [1.807, 2.05) is 0 Å². The van der Waals surface area contributed by atoms with Crippen molar-refractivity contribution in [2.45, 2.75) is 0 Å². The molecule has 29 heavy (non-hydrogen) atoms. The average molecular weight is 386 g/mol. The number of non-ortho nitro benzene ring substituents is 1. The van der Waals surface area contributed by atoms with E-state index in [0.717, 1.165) is 0 Å². The third-order valence-electron chi connectivity index (χ3n) is 4.41. The fourth-order valence-corrected chi connectivity index (χ4v) is 2.99. The third-order valence-corrected chi connectivity index (χ3v) is 4.41. The number of rotatable bonds is 4. The molecule has 0 fully saturated rings. The number of hydrogen-bond donors (Lipinski definition) is 0. The summed E-state index contributed by atoms with van der Waals surface area (Å²) in [7, 11) is 0. The summed E-state index contributed by atoms with van der Waals surface area (Å²) in [5.74, 6) is 0. The molecule has 0 bridgehead atoms. The highest BCUT2D eigenvalue weighted by molar-refractivity contribution is 5.74. The van der Waals surface area contributed by atoms with Gasteiger partial charge in [-0.15, -0.1) is 0 Å². The molecule has 0 unspecified atom stereocenters. The lowest BCUT2D eigenvalue weighted by Gasteiger charge is -2.10. The Hall–Kier alpha value is -4.33. The molecule has 0 N–H and O–H groups in total. The zero-order valence-electron chi connectivity index (χ0n) is 15.0. The van der Waals surface area contributed by atoms with Crippen LogP contribution in [0.15, 0.2) is 85.2 Å². The monoisotopic (exact) mass is 386 g/mol. The van der Waals surface area contributed by atoms with Crippen LogP contribution in [0.2, 0.25) is 0 Å². The minimum absolute atomic E-state index is 0.0239. The Labute approximate surface area is 165 Å². The van der Waals surface area contributed by atoms with Crippen molar-refractivity contribution < 1.29 is 14.4 Å². The molecule has 3 aromatic heterocycles. The van der Waals surface area contributed by atoms with Gasteiger partial charge in [0.25, 0.3) is 5.69 Å². The maximum absolute atomic E-state index is 12.2. The molecular formula is C21H14N4O4. The van der Waals surface area contributed by atoms with E-state index in [9.17, 15) is 20.5 Å². The smallest absolute Gasteiger partial charge is 0.269 e. The van der Waals surface area contributed by atoms with Gasteiger partial charge in [-0.05, 0) is 47.5 Å². The second kappa shape index (κ2) is 7.35. The van der Waals surface area contributed by atoms with Gasteiger partial charge >= 0.3 is 0 Å². The van der Waals surface area contributed by atoms with E-state index in [4.69, 9.17) is 0 Å². The Morgan fingerprint density at radius 3 is 1.69 bits per heavy atom. The largest absolute Gasteiger partial charge is 0.618 e. The van der Waals surface area contributed by atoms with E-state index in [1.165, 1.54) is 24.5 Å². The Morgan fingerprint density at radius 2 is 1.24 bits per heavy atom. The van der Waals surface area contributed by atoms with Crippen molar-refractivity contribution >= 4 is 5.69 Å². The summed E-state index contributed by atoms with van der Waals surface area (Å²) in [6, 6.07) is 19.4. The molecule has 0 spiro atoms. The number of pyridine rings is 3. The summed E-state index contributed by atoms with van der Waals surface area (Å²) >= 11 is 0. The van der Waals surface area contributed by atoms with Crippen molar-refractivity contribution in [2.75, 3.05) is 0 Å². The van der Waals surface area contributed by atoms with Crippen molar-refractivity contribution in [3.8, 4) is 33.9 Å². The molecule has 4 rings (SSSR count). The van der Waals surface area contributed by atoms with Crippen LogP contribution >= 0.6 is 0 Å². The van der Waals surface area contributed by atoms with E-state index >= 15 is 0 Å². The minimum Gasteiger partial charge on any atom is -0.618 e. The number of hydrogen-bond acceptors (Lipinski definition) is 5.